The molecule has 1 saturated heterocycles. The van der Waals surface area contributed by atoms with Crippen molar-refractivity contribution in [1.82, 2.24) is 19.6 Å². The van der Waals surface area contributed by atoms with Gasteiger partial charge in [0, 0.05) is 45.3 Å². The molecule has 0 bridgehead atoms. The van der Waals surface area contributed by atoms with Crippen molar-refractivity contribution >= 4 is 17.6 Å². The third-order valence-electron chi connectivity index (χ3n) is 7.75. The van der Waals surface area contributed by atoms with E-state index in [9.17, 15) is 9.59 Å². The van der Waals surface area contributed by atoms with Crippen LogP contribution in [0.4, 0.5) is 10.5 Å². The summed E-state index contributed by atoms with van der Waals surface area (Å²) in [6.45, 7) is 14.9. The lowest BCUT2D eigenvalue weighted by atomic mass is 9.88. The van der Waals surface area contributed by atoms with Crippen molar-refractivity contribution in [3.8, 4) is 0 Å². The van der Waals surface area contributed by atoms with E-state index in [2.05, 4.69) is 49.5 Å². The van der Waals surface area contributed by atoms with Gasteiger partial charge in [-0.1, -0.05) is 31.2 Å². The van der Waals surface area contributed by atoms with E-state index in [0.717, 1.165) is 44.6 Å². The molecule has 0 N–H and O–H groups in total. The molecule has 2 aliphatic carbocycles. The van der Waals surface area contributed by atoms with E-state index in [1.165, 1.54) is 27.7 Å². The van der Waals surface area contributed by atoms with Crippen LogP contribution >= 0.6 is 0 Å². The lowest BCUT2D eigenvalue weighted by molar-refractivity contribution is -0.116. The lowest BCUT2D eigenvalue weighted by Crippen LogP contribution is -2.38. The summed E-state index contributed by atoms with van der Waals surface area (Å²) in [6.07, 6.45) is 11.1. The Morgan fingerprint density at radius 3 is 2.42 bits per heavy atom. The third kappa shape index (κ3) is 4.77. The Morgan fingerprint density at radius 2 is 1.85 bits per heavy atom. The van der Waals surface area contributed by atoms with Crippen LogP contribution in [0.3, 0.4) is 0 Å². The van der Waals surface area contributed by atoms with Crippen molar-refractivity contribution in [1.29, 1.82) is 0 Å². The molecule has 2 amide bonds. The molecule has 1 aromatic heterocycles. The molecule has 1 aliphatic heterocycles. The Balaban J connectivity index is 1.38. The average molecular weight is 452 g/mol. The van der Waals surface area contributed by atoms with Gasteiger partial charge in [-0.2, -0.15) is 9.78 Å². The van der Waals surface area contributed by atoms with Crippen molar-refractivity contribution < 1.29 is 9.59 Å². The molecule has 1 saturated carbocycles. The van der Waals surface area contributed by atoms with Crippen molar-refractivity contribution in [2.75, 3.05) is 31.6 Å². The van der Waals surface area contributed by atoms with Gasteiger partial charge in [0.25, 0.3) is 0 Å². The van der Waals surface area contributed by atoms with E-state index < -0.39 is 0 Å². The van der Waals surface area contributed by atoms with Crippen LogP contribution in [0.1, 0.15) is 47.0 Å². The molecule has 0 radical (unpaired) electrons. The topological polar surface area (TPSA) is 61.7 Å². The standard InChI is InChI=1S/C26H37N5O2/c1-17(2)30(15-21-8-7-18(3)9-19(21)4)24-10-22-13-29(14-23(22)11-24)26(33)31-16-25(12-27-31)28(6)20(5)32/h7-8,12,16,19,22-24H,1,9-11,13-15H2,2-6H3/t19?,22-,23+,24?. The lowest BCUT2D eigenvalue weighted by Gasteiger charge is -2.35. The van der Waals surface area contributed by atoms with Gasteiger partial charge in [-0.25, -0.2) is 4.79 Å². The quantitative estimate of drug-likeness (QED) is 0.670. The molecule has 2 heterocycles. The van der Waals surface area contributed by atoms with Crippen LogP contribution in [-0.2, 0) is 4.79 Å². The highest BCUT2D eigenvalue weighted by Gasteiger charge is 2.44. The van der Waals surface area contributed by atoms with Crippen LogP contribution in [0.2, 0.25) is 0 Å². The fraction of sp³-hybridized carbons (Fsp3) is 0.577. The van der Waals surface area contributed by atoms with Gasteiger partial charge in [-0.3, -0.25) is 4.79 Å². The van der Waals surface area contributed by atoms with Crippen LogP contribution < -0.4 is 4.90 Å². The van der Waals surface area contributed by atoms with Gasteiger partial charge in [0.1, 0.15) is 0 Å². The zero-order valence-corrected chi connectivity index (χ0v) is 20.6. The van der Waals surface area contributed by atoms with Crippen LogP contribution in [-0.4, -0.2) is 64.2 Å². The van der Waals surface area contributed by atoms with Crippen LogP contribution in [0.25, 0.3) is 0 Å². The first-order valence-corrected chi connectivity index (χ1v) is 12.0. The van der Waals surface area contributed by atoms with Crippen LogP contribution in [0.5, 0.6) is 0 Å². The Bertz CT molecular complexity index is 992. The van der Waals surface area contributed by atoms with Gasteiger partial charge < -0.3 is 14.7 Å². The van der Waals surface area contributed by atoms with E-state index in [1.807, 2.05) is 4.90 Å². The number of anilines is 1. The number of hydrogen-bond donors (Lipinski definition) is 0. The highest BCUT2D eigenvalue weighted by molar-refractivity contribution is 5.91. The summed E-state index contributed by atoms with van der Waals surface area (Å²) in [5, 5.41) is 4.20. The van der Waals surface area contributed by atoms with Crippen LogP contribution in [0.15, 0.2) is 48.0 Å². The van der Waals surface area contributed by atoms with Gasteiger partial charge in [0.15, 0.2) is 0 Å². The van der Waals surface area contributed by atoms with Gasteiger partial charge in [-0.15, -0.1) is 0 Å². The van der Waals surface area contributed by atoms with Gasteiger partial charge >= 0.3 is 6.03 Å². The average Bonchev–Trinajstić information content (AvgIpc) is 3.46. The number of allylic oxidation sites excluding steroid dienone is 4. The van der Waals surface area contributed by atoms with Crippen molar-refractivity contribution in [2.24, 2.45) is 17.8 Å². The number of rotatable bonds is 5. The number of carbonyl (C=O) groups is 2. The van der Waals surface area contributed by atoms with E-state index in [0.29, 0.717) is 29.5 Å². The fourth-order valence-electron chi connectivity index (χ4n) is 5.67. The van der Waals surface area contributed by atoms with E-state index in [-0.39, 0.29) is 11.9 Å². The smallest absolute Gasteiger partial charge is 0.344 e. The van der Waals surface area contributed by atoms with E-state index in [4.69, 9.17) is 0 Å². The van der Waals surface area contributed by atoms with Crippen molar-refractivity contribution in [2.45, 2.75) is 53.0 Å². The molecule has 178 valence electrons. The van der Waals surface area contributed by atoms with Crippen LogP contribution in [0, 0.1) is 17.8 Å². The first kappa shape index (κ1) is 23.3. The Kier molecular flexibility index (Phi) is 6.50. The molecule has 2 unspecified atom stereocenters. The van der Waals surface area contributed by atoms with E-state index >= 15 is 0 Å². The summed E-state index contributed by atoms with van der Waals surface area (Å²) in [4.78, 5) is 30.5. The molecule has 0 aromatic carbocycles. The minimum Gasteiger partial charge on any atom is -0.369 e. The zero-order valence-electron chi connectivity index (χ0n) is 20.6. The largest absolute Gasteiger partial charge is 0.369 e. The maximum Gasteiger partial charge on any atom is 0.344 e. The SMILES string of the molecule is C=C(C)N(CC1=CC=C(C)CC1C)C1C[C@@H]2CN(C(=O)n3cc(N(C)C(C)=O)cn3)C[C@@H]2C1. The normalized spacial score (nSPS) is 26.5. The molecule has 33 heavy (non-hydrogen) atoms. The van der Waals surface area contributed by atoms with Crippen molar-refractivity contribution in [3.63, 3.8) is 0 Å². The predicted molar refractivity (Wildman–Crippen MR) is 131 cm³/mol. The zero-order chi connectivity index (χ0) is 23.9. The number of fused-ring (bicyclic) bond motifs is 1. The molecule has 4 rings (SSSR count). The molecule has 3 aliphatic rings. The summed E-state index contributed by atoms with van der Waals surface area (Å²) < 4.78 is 1.36. The second kappa shape index (κ2) is 9.20. The monoisotopic (exact) mass is 451 g/mol. The Hall–Kier alpha value is -2.83. The predicted octanol–water partition coefficient (Wildman–Crippen LogP) is 4.29. The number of nitrogens with zero attached hydrogens (tertiary/aromatic N) is 5. The molecule has 0 spiro atoms. The summed E-state index contributed by atoms with van der Waals surface area (Å²) in [5.41, 5.74) is 4.70. The Morgan fingerprint density at radius 1 is 1.18 bits per heavy atom. The molecule has 2 fully saturated rings. The number of aromatic nitrogens is 2. The van der Waals surface area contributed by atoms with E-state index in [1.54, 1.807) is 19.4 Å². The second-order valence-corrected chi connectivity index (χ2v) is 10.3. The molecular weight excluding hydrogens is 414 g/mol. The number of hydrogen-bond acceptors (Lipinski definition) is 4. The number of carbonyl (C=O) groups excluding carboxylic acids is 2. The second-order valence-electron chi connectivity index (χ2n) is 10.3. The molecule has 4 atom stereocenters. The first-order chi connectivity index (χ1) is 15.6. The summed E-state index contributed by atoms with van der Waals surface area (Å²) >= 11 is 0. The van der Waals surface area contributed by atoms with Gasteiger partial charge in [0.2, 0.25) is 5.91 Å². The third-order valence-corrected chi connectivity index (χ3v) is 7.75. The molecule has 1 aromatic rings. The number of likely N-dealkylation sites (tertiary alicyclic amines) is 1. The first-order valence-electron chi connectivity index (χ1n) is 12.0. The van der Waals surface area contributed by atoms with Gasteiger partial charge in [0.05, 0.1) is 18.1 Å². The summed E-state index contributed by atoms with van der Waals surface area (Å²) in [5.74, 6) is 1.51. The summed E-state index contributed by atoms with van der Waals surface area (Å²) in [7, 11) is 1.68. The minimum atomic E-state index is -0.107. The maximum absolute atomic E-state index is 13.0. The van der Waals surface area contributed by atoms with Gasteiger partial charge in [-0.05, 0) is 56.4 Å². The summed E-state index contributed by atoms with van der Waals surface area (Å²) in [6, 6.07) is 0.375. The maximum atomic E-state index is 13.0. The number of amides is 2. The molecule has 7 nitrogen and oxygen atoms in total. The highest BCUT2D eigenvalue weighted by atomic mass is 16.2. The molecule has 7 heteroatoms. The Labute approximate surface area is 197 Å². The minimum absolute atomic E-state index is 0.0876. The fourth-order valence-corrected chi connectivity index (χ4v) is 5.67. The highest BCUT2D eigenvalue weighted by Crippen LogP contribution is 2.42. The molecular formula is C26H37N5O2. The van der Waals surface area contributed by atoms with Crippen molar-refractivity contribution in [3.05, 3.63) is 48.0 Å².